The van der Waals surface area contributed by atoms with Gasteiger partial charge in [-0.15, -0.1) is 0 Å². The molecule has 3 nitrogen and oxygen atoms in total. The second kappa shape index (κ2) is 4.14. The van der Waals surface area contributed by atoms with Crippen molar-refractivity contribution in [3.8, 4) is 0 Å². The number of imidazole rings is 1. The predicted octanol–water partition coefficient (Wildman–Crippen LogP) is 2.11. The number of aromatic amines is 1. The van der Waals surface area contributed by atoms with Crippen LogP contribution in [0.3, 0.4) is 0 Å². The molecule has 1 aromatic heterocycles. The van der Waals surface area contributed by atoms with E-state index in [4.69, 9.17) is 0 Å². The van der Waals surface area contributed by atoms with Gasteiger partial charge in [0.15, 0.2) is 5.95 Å². The van der Waals surface area contributed by atoms with Gasteiger partial charge in [0.1, 0.15) is 0 Å². The van der Waals surface area contributed by atoms with Gasteiger partial charge in [0, 0.05) is 18.9 Å². The molecule has 0 amide bonds. The summed E-state index contributed by atoms with van der Waals surface area (Å²) in [6.07, 6.45) is 3.57. The van der Waals surface area contributed by atoms with Crippen molar-refractivity contribution in [1.29, 1.82) is 0 Å². The maximum Gasteiger partial charge on any atom is 0.200 e. The van der Waals surface area contributed by atoms with Gasteiger partial charge in [0.25, 0.3) is 0 Å². The van der Waals surface area contributed by atoms with Crippen LogP contribution in [0, 0.1) is 11.8 Å². The predicted molar refractivity (Wildman–Crippen MR) is 51.1 cm³/mol. The van der Waals surface area contributed by atoms with E-state index in [-0.39, 0.29) is 0 Å². The molecule has 0 aromatic carbocycles. The number of nitrogens with zero attached hydrogens (tertiary/aromatic N) is 1. The summed E-state index contributed by atoms with van der Waals surface area (Å²) in [7, 11) is 0. The second-order valence-electron chi connectivity index (χ2n) is 3.54. The van der Waals surface area contributed by atoms with Crippen LogP contribution in [0.4, 0.5) is 5.95 Å². The van der Waals surface area contributed by atoms with Gasteiger partial charge < -0.3 is 10.3 Å². The molecule has 68 valence electrons. The Kier molecular flexibility index (Phi) is 3.14. The average Bonchev–Trinajstić information content (AvgIpc) is 2.51. The van der Waals surface area contributed by atoms with Crippen molar-refractivity contribution in [2.24, 2.45) is 11.8 Å². The first kappa shape index (κ1) is 9.10. The molecule has 0 aliphatic heterocycles. The number of rotatable bonds is 4. The molecular formula is C9H17N3. The zero-order valence-electron chi connectivity index (χ0n) is 7.96. The molecular weight excluding hydrogens is 150 g/mol. The normalized spacial score (nSPS) is 13.3. The van der Waals surface area contributed by atoms with Crippen molar-refractivity contribution in [2.75, 3.05) is 11.9 Å². The molecule has 0 bridgehead atoms. The van der Waals surface area contributed by atoms with Crippen molar-refractivity contribution < 1.29 is 0 Å². The molecule has 1 heterocycles. The highest BCUT2D eigenvalue weighted by Gasteiger charge is 2.06. The fraction of sp³-hybridized carbons (Fsp3) is 0.667. The molecule has 0 aliphatic rings. The second-order valence-corrected chi connectivity index (χ2v) is 3.54. The third kappa shape index (κ3) is 2.57. The minimum absolute atomic E-state index is 0.676. The number of H-pyrrole nitrogens is 1. The first-order chi connectivity index (χ1) is 5.70. The minimum atomic E-state index is 0.676. The van der Waals surface area contributed by atoms with E-state index < -0.39 is 0 Å². The summed E-state index contributed by atoms with van der Waals surface area (Å²) >= 11 is 0. The van der Waals surface area contributed by atoms with Gasteiger partial charge in [-0.1, -0.05) is 20.8 Å². The lowest BCUT2D eigenvalue weighted by atomic mass is 9.98. The number of nitrogens with one attached hydrogen (secondary N) is 2. The monoisotopic (exact) mass is 167 g/mol. The van der Waals surface area contributed by atoms with Crippen molar-refractivity contribution in [1.82, 2.24) is 9.97 Å². The van der Waals surface area contributed by atoms with E-state index in [9.17, 15) is 0 Å². The molecule has 0 radical (unpaired) electrons. The number of anilines is 1. The fourth-order valence-electron chi connectivity index (χ4n) is 0.855. The van der Waals surface area contributed by atoms with Gasteiger partial charge in [-0.2, -0.15) is 0 Å². The van der Waals surface area contributed by atoms with Crippen molar-refractivity contribution >= 4 is 5.95 Å². The Morgan fingerprint density at radius 1 is 1.50 bits per heavy atom. The molecule has 0 spiro atoms. The maximum atomic E-state index is 4.08. The molecule has 3 heteroatoms. The molecule has 0 saturated carbocycles. The Balaban J connectivity index is 2.27. The van der Waals surface area contributed by atoms with Crippen LogP contribution < -0.4 is 5.32 Å². The lowest BCUT2D eigenvalue weighted by Gasteiger charge is -2.15. The van der Waals surface area contributed by atoms with Gasteiger partial charge in [-0.05, 0) is 11.8 Å². The first-order valence-corrected chi connectivity index (χ1v) is 4.43. The Labute approximate surface area is 73.6 Å². The van der Waals surface area contributed by atoms with E-state index in [0.717, 1.165) is 12.5 Å². The average molecular weight is 167 g/mol. The van der Waals surface area contributed by atoms with Gasteiger partial charge in [0.2, 0.25) is 0 Å². The Bertz CT molecular complexity index is 204. The number of hydrogen-bond donors (Lipinski definition) is 2. The van der Waals surface area contributed by atoms with Crippen LogP contribution in [0.2, 0.25) is 0 Å². The third-order valence-electron chi connectivity index (χ3n) is 2.23. The molecule has 2 N–H and O–H groups in total. The molecule has 1 unspecified atom stereocenters. The van der Waals surface area contributed by atoms with Crippen LogP contribution in [0.25, 0.3) is 0 Å². The fourth-order valence-corrected chi connectivity index (χ4v) is 0.855. The van der Waals surface area contributed by atoms with Crippen molar-refractivity contribution in [3.05, 3.63) is 12.4 Å². The summed E-state index contributed by atoms with van der Waals surface area (Å²) < 4.78 is 0. The summed E-state index contributed by atoms with van der Waals surface area (Å²) in [6.45, 7) is 7.68. The molecule has 0 saturated heterocycles. The standard InChI is InChI=1S/C9H17N3/c1-7(2)8(3)6-12-9-10-4-5-11-9/h4-5,7-8H,6H2,1-3H3,(H2,10,11,12). The molecule has 0 fully saturated rings. The van der Waals surface area contributed by atoms with E-state index in [2.05, 4.69) is 36.1 Å². The van der Waals surface area contributed by atoms with E-state index in [1.807, 2.05) is 6.20 Å². The molecule has 0 aliphatic carbocycles. The van der Waals surface area contributed by atoms with E-state index in [1.165, 1.54) is 0 Å². The lowest BCUT2D eigenvalue weighted by Crippen LogP contribution is -2.16. The minimum Gasteiger partial charge on any atom is -0.356 e. The quantitative estimate of drug-likeness (QED) is 0.721. The van der Waals surface area contributed by atoms with Gasteiger partial charge >= 0.3 is 0 Å². The van der Waals surface area contributed by atoms with Gasteiger partial charge in [-0.3, -0.25) is 0 Å². The molecule has 12 heavy (non-hydrogen) atoms. The zero-order valence-corrected chi connectivity index (χ0v) is 7.96. The largest absolute Gasteiger partial charge is 0.356 e. The molecule has 1 rings (SSSR count). The number of hydrogen-bond acceptors (Lipinski definition) is 2. The first-order valence-electron chi connectivity index (χ1n) is 4.43. The summed E-state index contributed by atoms with van der Waals surface area (Å²) in [6, 6.07) is 0. The highest BCUT2D eigenvalue weighted by Crippen LogP contribution is 2.09. The number of aromatic nitrogens is 2. The van der Waals surface area contributed by atoms with E-state index in [0.29, 0.717) is 11.8 Å². The van der Waals surface area contributed by atoms with Crippen LogP contribution in [-0.4, -0.2) is 16.5 Å². The smallest absolute Gasteiger partial charge is 0.200 e. The Morgan fingerprint density at radius 2 is 2.25 bits per heavy atom. The van der Waals surface area contributed by atoms with Crippen LogP contribution in [0.5, 0.6) is 0 Å². The molecule has 1 atom stereocenters. The van der Waals surface area contributed by atoms with Gasteiger partial charge in [0.05, 0.1) is 0 Å². The van der Waals surface area contributed by atoms with E-state index >= 15 is 0 Å². The summed E-state index contributed by atoms with van der Waals surface area (Å²) in [5.41, 5.74) is 0. The highest BCUT2D eigenvalue weighted by molar-refractivity contribution is 5.22. The summed E-state index contributed by atoms with van der Waals surface area (Å²) in [4.78, 5) is 7.09. The Morgan fingerprint density at radius 3 is 2.75 bits per heavy atom. The van der Waals surface area contributed by atoms with Crippen molar-refractivity contribution in [3.63, 3.8) is 0 Å². The topological polar surface area (TPSA) is 40.7 Å². The van der Waals surface area contributed by atoms with Crippen LogP contribution in [-0.2, 0) is 0 Å². The molecule has 1 aromatic rings. The van der Waals surface area contributed by atoms with Crippen molar-refractivity contribution in [2.45, 2.75) is 20.8 Å². The SMILES string of the molecule is CC(C)C(C)CNc1ncc[nH]1. The van der Waals surface area contributed by atoms with E-state index in [1.54, 1.807) is 6.20 Å². The zero-order chi connectivity index (χ0) is 8.97. The third-order valence-corrected chi connectivity index (χ3v) is 2.23. The maximum absolute atomic E-state index is 4.08. The Hall–Kier alpha value is -0.990. The van der Waals surface area contributed by atoms with Crippen LogP contribution >= 0.6 is 0 Å². The summed E-state index contributed by atoms with van der Waals surface area (Å²) in [5.74, 6) is 2.25. The van der Waals surface area contributed by atoms with Crippen LogP contribution in [0.1, 0.15) is 20.8 Å². The van der Waals surface area contributed by atoms with Crippen LogP contribution in [0.15, 0.2) is 12.4 Å². The van der Waals surface area contributed by atoms with Gasteiger partial charge in [-0.25, -0.2) is 4.98 Å². The summed E-state index contributed by atoms with van der Waals surface area (Å²) in [5, 5.41) is 3.24. The lowest BCUT2D eigenvalue weighted by molar-refractivity contribution is 0.439. The highest BCUT2D eigenvalue weighted by atomic mass is 15.1.